The van der Waals surface area contributed by atoms with Crippen molar-refractivity contribution >= 4 is 10.0 Å². The molecule has 0 saturated carbocycles. The zero-order chi connectivity index (χ0) is 15.9. The highest BCUT2D eigenvalue weighted by molar-refractivity contribution is 7.89. The van der Waals surface area contributed by atoms with Crippen molar-refractivity contribution in [2.24, 2.45) is 0 Å². The minimum atomic E-state index is -3.55. The van der Waals surface area contributed by atoms with Crippen LogP contribution in [0.15, 0.2) is 23.1 Å². The smallest absolute Gasteiger partial charge is 0.241 e. The summed E-state index contributed by atoms with van der Waals surface area (Å²) < 4.78 is 27.8. The molecule has 4 nitrogen and oxygen atoms in total. The first kappa shape index (κ1) is 17.7. The van der Waals surface area contributed by atoms with Crippen LogP contribution >= 0.6 is 0 Å². The quantitative estimate of drug-likeness (QED) is 0.792. The van der Waals surface area contributed by atoms with Gasteiger partial charge in [-0.2, -0.15) is 0 Å². The summed E-state index contributed by atoms with van der Waals surface area (Å²) in [5.41, 5.74) is 1.27. The average Bonchev–Trinajstić information content (AvgIpc) is 2.45. The summed E-state index contributed by atoms with van der Waals surface area (Å²) in [6, 6.07) is 4.99. The van der Waals surface area contributed by atoms with Crippen LogP contribution in [-0.4, -0.2) is 26.2 Å². The second-order valence-corrected chi connectivity index (χ2v) is 6.64. The second kappa shape index (κ2) is 8.18. The molecule has 21 heavy (non-hydrogen) atoms. The maximum atomic E-state index is 12.5. The Kier molecular flexibility index (Phi) is 6.90. The monoisotopic (exact) mass is 309 g/mol. The zero-order valence-corrected chi connectivity index (χ0v) is 13.6. The van der Waals surface area contributed by atoms with Crippen LogP contribution in [0.1, 0.15) is 44.2 Å². The Morgan fingerprint density at radius 2 is 2.05 bits per heavy atom. The van der Waals surface area contributed by atoms with Gasteiger partial charge in [0.25, 0.3) is 0 Å². The van der Waals surface area contributed by atoms with Gasteiger partial charge in [0.1, 0.15) is 6.61 Å². The summed E-state index contributed by atoms with van der Waals surface area (Å²) in [5, 5.41) is 8.72. The summed E-state index contributed by atoms with van der Waals surface area (Å²) in [6.07, 6.45) is 2.51. The number of rotatable bonds is 6. The number of sulfonamides is 1. The lowest BCUT2D eigenvalue weighted by atomic mass is 10.1. The Morgan fingerprint density at radius 3 is 2.62 bits per heavy atom. The molecule has 116 valence electrons. The lowest BCUT2D eigenvalue weighted by Gasteiger charge is -2.17. The number of aryl methyl sites for hydroxylation is 1. The first-order valence-electron chi connectivity index (χ1n) is 7.17. The maximum absolute atomic E-state index is 12.5. The van der Waals surface area contributed by atoms with Crippen molar-refractivity contribution in [3.8, 4) is 11.8 Å². The first-order chi connectivity index (χ1) is 9.94. The number of aliphatic hydroxyl groups is 1. The van der Waals surface area contributed by atoms with Crippen LogP contribution in [0.25, 0.3) is 0 Å². The molecule has 5 heteroatoms. The van der Waals surface area contributed by atoms with Gasteiger partial charge in [-0.25, -0.2) is 13.1 Å². The second-order valence-electron chi connectivity index (χ2n) is 4.96. The molecule has 1 aromatic carbocycles. The number of benzene rings is 1. The van der Waals surface area contributed by atoms with Crippen LogP contribution in [0.5, 0.6) is 0 Å². The molecule has 0 aliphatic rings. The molecule has 1 unspecified atom stereocenters. The number of nitrogens with one attached hydrogen (secondary N) is 1. The summed E-state index contributed by atoms with van der Waals surface area (Å²) in [7, 11) is -3.55. The van der Waals surface area contributed by atoms with Crippen LogP contribution in [0.3, 0.4) is 0 Å². The van der Waals surface area contributed by atoms with E-state index in [4.69, 9.17) is 5.11 Å². The Bertz CT molecular complexity index is 627. The largest absolute Gasteiger partial charge is 0.384 e. The van der Waals surface area contributed by atoms with E-state index in [-0.39, 0.29) is 17.5 Å². The van der Waals surface area contributed by atoms with Crippen molar-refractivity contribution in [3.63, 3.8) is 0 Å². The molecule has 0 aliphatic heterocycles. The van der Waals surface area contributed by atoms with Crippen molar-refractivity contribution < 1.29 is 13.5 Å². The molecule has 0 aliphatic carbocycles. The fourth-order valence-electron chi connectivity index (χ4n) is 2.09. The van der Waals surface area contributed by atoms with Crippen molar-refractivity contribution in [2.45, 2.75) is 51.0 Å². The predicted octanol–water partition coefficient (Wildman–Crippen LogP) is 2.20. The van der Waals surface area contributed by atoms with Gasteiger partial charge in [0.15, 0.2) is 0 Å². The normalized spacial score (nSPS) is 12.6. The molecule has 0 saturated heterocycles. The third-order valence-corrected chi connectivity index (χ3v) is 4.90. The highest BCUT2D eigenvalue weighted by Gasteiger charge is 2.20. The van der Waals surface area contributed by atoms with Gasteiger partial charge in [-0.05, 0) is 37.5 Å². The van der Waals surface area contributed by atoms with E-state index < -0.39 is 10.0 Å². The van der Waals surface area contributed by atoms with E-state index in [0.29, 0.717) is 11.1 Å². The van der Waals surface area contributed by atoms with Gasteiger partial charge in [-0.3, -0.25) is 0 Å². The predicted molar refractivity (Wildman–Crippen MR) is 84.5 cm³/mol. The van der Waals surface area contributed by atoms with E-state index in [9.17, 15) is 8.42 Å². The van der Waals surface area contributed by atoms with E-state index in [2.05, 4.69) is 16.6 Å². The average molecular weight is 309 g/mol. The van der Waals surface area contributed by atoms with E-state index in [0.717, 1.165) is 19.3 Å². The Morgan fingerprint density at radius 1 is 1.33 bits per heavy atom. The van der Waals surface area contributed by atoms with E-state index in [1.165, 1.54) is 0 Å². The number of aliphatic hydroxyl groups excluding tert-OH is 1. The minimum Gasteiger partial charge on any atom is -0.384 e. The molecule has 1 atom stereocenters. The van der Waals surface area contributed by atoms with E-state index in [1.54, 1.807) is 25.1 Å². The van der Waals surface area contributed by atoms with Crippen molar-refractivity contribution in [2.75, 3.05) is 6.61 Å². The molecule has 0 radical (unpaired) electrons. The Hall–Kier alpha value is -1.35. The van der Waals surface area contributed by atoms with Gasteiger partial charge < -0.3 is 5.11 Å². The Labute approximate surface area is 127 Å². The summed E-state index contributed by atoms with van der Waals surface area (Å²) in [5.74, 6) is 5.26. The molecule has 0 spiro atoms. The Balaban J connectivity index is 3.12. The lowest BCUT2D eigenvalue weighted by molar-refractivity contribution is 0.350. The molecule has 0 amide bonds. The van der Waals surface area contributed by atoms with Crippen LogP contribution in [-0.2, 0) is 10.0 Å². The molecular formula is C16H23NO3S. The van der Waals surface area contributed by atoms with Crippen LogP contribution in [0.4, 0.5) is 0 Å². The number of hydrogen-bond donors (Lipinski definition) is 2. The summed E-state index contributed by atoms with van der Waals surface area (Å²) in [4.78, 5) is 0.252. The number of hydrogen-bond acceptors (Lipinski definition) is 3. The molecule has 0 aromatic heterocycles. The topological polar surface area (TPSA) is 66.4 Å². The van der Waals surface area contributed by atoms with E-state index in [1.807, 2.05) is 13.8 Å². The van der Waals surface area contributed by atoms with Crippen LogP contribution < -0.4 is 4.72 Å². The first-order valence-corrected chi connectivity index (χ1v) is 8.65. The van der Waals surface area contributed by atoms with Gasteiger partial charge >= 0.3 is 0 Å². The minimum absolute atomic E-state index is 0.0495. The van der Waals surface area contributed by atoms with Gasteiger partial charge in [-0.15, -0.1) is 0 Å². The van der Waals surface area contributed by atoms with Crippen molar-refractivity contribution in [1.82, 2.24) is 4.72 Å². The molecule has 1 rings (SSSR count). The lowest BCUT2D eigenvalue weighted by Crippen LogP contribution is -2.34. The van der Waals surface area contributed by atoms with Gasteiger partial charge in [-0.1, -0.05) is 38.2 Å². The van der Waals surface area contributed by atoms with Gasteiger partial charge in [0.2, 0.25) is 10.0 Å². The summed E-state index contributed by atoms with van der Waals surface area (Å²) in [6.45, 7) is 5.52. The zero-order valence-electron chi connectivity index (χ0n) is 12.8. The van der Waals surface area contributed by atoms with E-state index >= 15 is 0 Å². The molecule has 0 heterocycles. The molecule has 2 N–H and O–H groups in total. The van der Waals surface area contributed by atoms with Crippen LogP contribution in [0, 0.1) is 18.8 Å². The van der Waals surface area contributed by atoms with Crippen molar-refractivity contribution in [3.05, 3.63) is 29.3 Å². The molecule has 0 fully saturated rings. The molecule has 1 aromatic rings. The fraction of sp³-hybridized carbons (Fsp3) is 0.500. The third kappa shape index (κ3) is 5.16. The highest BCUT2D eigenvalue weighted by Crippen LogP contribution is 2.18. The molecule has 0 bridgehead atoms. The maximum Gasteiger partial charge on any atom is 0.241 e. The SMILES string of the molecule is CCCC(CC)NS(=O)(=O)c1cc(C#CCO)ccc1C. The summed E-state index contributed by atoms with van der Waals surface area (Å²) >= 11 is 0. The van der Waals surface area contributed by atoms with Gasteiger partial charge in [0, 0.05) is 11.6 Å². The highest BCUT2D eigenvalue weighted by atomic mass is 32.2. The van der Waals surface area contributed by atoms with Gasteiger partial charge in [0.05, 0.1) is 4.90 Å². The van der Waals surface area contributed by atoms with Crippen LogP contribution in [0.2, 0.25) is 0 Å². The third-order valence-electron chi connectivity index (χ3n) is 3.24. The van der Waals surface area contributed by atoms with Crippen molar-refractivity contribution in [1.29, 1.82) is 0 Å². The standard InChI is InChI=1S/C16H23NO3S/c1-4-7-15(5-2)17-21(19,20)16-12-14(8-6-11-18)10-9-13(16)3/h9-10,12,15,17-18H,4-5,7,11H2,1-3H3. The molecular weight excluding hydrogens is 286 g/mol. The fourth-order valence-corrected chi connectivity index (χ4v) is 3.71.